The summed E-state index contributed by atoms with van der Waals surface area (Å²) in [5, 5.41) is 3.61. The number of carbonyl (C=O) groups is 3. The number of rotatable bonds is 5. The van der Waals surface area contributed by atoms with Gasteiger partial charge in [-0.2, -0.15) is 4.57 Å². The molecule has 2 saturated carbocycles. The monoisotopic (exact) mass is 453 g/mol. The van der Waals surface area contributed by atoms with Gasteiger partial charge in [0.2, 0.25) is 6.54 Å². The van der Waals surface area contributed by atoms with Gasteiger partial charge >= 0.3 is 5.97 Å². The molecule has 0 bridgehead atoms. The number of oxime groups is 1. The molecule has 1 aromatic rings. The number of hydrogen-bond donors (Lipinski definition) is 0. The van der Waals surface area contributed by atoms with Crippen molar-refractivity contribution in [2.45, 2.75) is 31.9 Å². The van der Waals surface area contributed by atoms with Crippen LogP contribution in [0.4, 0.5) is 5.69 Å². The second-order valence-corrected chi connectivity index (χ2v) is 7.14. The first kappa shape index (κ1) is 22.2. The van der Waals surface area contributed by atoms with Crippen LogP contribution in [0.1, 0.15) is 19.3 Å². The van der Waals surface area contributed by atoms with E-state index in [9.17, 15) is 14.4 Å². The van der Waals surface area contributed by atoms with Gasteiger partial charge in [0.05, 0.1) is 6.10 Å². The zero-order valence-corrected chi connectivity index (χ0v) is 17.7. The summed E-state index contributed by atoms with van der Waals surface area (Å²) in [6, 6.07) is 3.72. The highest BCUT2D eigenvalue weighted by Crippen LogP contribution is 2.38. The molecule has 2 aliphatic carbocycles. The molecule has 0 N–H and O–H groups in total. The fourth-order valence-corrected chi connectivity index (χ4v) is 3.64. The molecule has 9 heteroatoms. The lowest BCUT2D eigenvalue weighted by Gasteiger charge is -2.28. The summed E-state index contributed by atoms with van der Waals surface area (Å²) in [6.07, 6.45) is 5.31. The van der Waals surface area contributed by atoms with E-state index in [-0.39, 0.29) is 52.8 Å². The first-order valence-electron chi connectivity index (χ1n) is 8.96. The number of halogens is 1. The van der Waals surface area contributed by atoms with E-state index in [0.717, 1.165) is 12.1 Å². The first-order chi connectivity index (χ1) is 12.9. The fourth-order valence-electron chi connectivity index (χ4n) is 3.64. The number of Topliss-reactive ketones (excluding diaryl/α,β-unsaturated/α-hetero) is 2. The molecular weight excluding hydrogens is 430 g/mol. The lowest BCUT2D eigenvalue weighted by Crippen LogP contribution is -3.00. The number of pyridine rings is 1. The van der Waals surface area contributed by atoms with E-state index in [2.05, 4.69) is 5.16 Å². The number of aromatic nitrogens is 1. The van der Waals surface area contributed by atoms with Crippen molar-refractivity contribution in [3.63, 3.8) is 0 Å². The lowest BCUT2D eigenvalue weighted by molar-refractivity contribution is -0.685. The molecule has 152 valence electrons. The van der Waals surface area contributed by atoms with Gasteiger partial charge in [-0.05, 0) is 19.3 Å². The maximum atomic E-state index is 12.5. The van der Waals surface area contributed by atoms with E-state index < -0.39 is 11.9 Å². The SMILES string of the molecule is COC1CCC2C(=O)C(=NOC(=O)C[n+]3ccc(N(C)C)cc3)C(=O)C2C1.[Br-]. The molecule has 3 atom stereocenters. The van der Waals surface area contributed by atoms with Crippen LogP contribution in [0.3, 0.4) is 0 Å². The van der Waals surface area contributed by atoms with E-state index in [4.69, 9.17) is 9.57 Å². The fraction of sp³-hybridized carbons (Fsp3) is 0.526. The normalized spacial score (nSPS) is 25.2. The van der Waals surface area contributed by atoms with Gasteiger partial charge in [-0.3, -0.25) is 9.59 Å². The number of fused-ring (bicyclic) bond motifs is 1. The highest BCUT2D eigenvalue weighted by atomic mass is 79.9. The van der Waals surface area contributed by atoms with Gasteiger partial charge in [-0.25, -0.2) is 4.79 Å². The van der Waals surface area contributed by atoms with Crippen molar-refractivity contribution in [2.75, 3.05) is 26.1 Å². The summed E-state index contributed by atoms with van der Waals surface area (Å²) in [6.45, 7) is -0.0640. The highest BCUT2D eigenvalue weighted by Gasteiger charge is 2.50. The quantitative estimate of drug-likeness (QED) is 0.278. The van der Waals surface area contributed by atoms with Gasteiger partial charge in [-0.1, -0.05) is 5.16 Å². The predicted octanol–water partition coefficient (Wildman–Crippen LogP) is -2.47. The number of ketones is 2. The Balaban J connectivity index is 0.00000280. The number of methoxy groups -OCH3 is 1. The van der Waals surface area contributed by atoms with Crippen molar-refractivity contribution in [2.24, 2.45) is 17.0 Å². The molecule has 3 rings (SSSR count). The molecule has 28 heavy (non-hydrogen) atoms. The van der Waals surface area contributed by atoms with Crippen LogP contribution < -0.4 is 26.4 Å². The average molecular weight is 454 g/mol. The van der Waals surface area contributed by atoms with E-state index in [1.807, 2.05) is 31.1 Å². The molecule has 8 nitrogen and oxygen atoms in total. The number of anilines is 1. The van der Waals surface area contributed by atoms with Gasteiger partial charge in [0.15, 0.2) is 29.7 Å². The van der Waals surface area contributed by atoms with Gasteiger partial charge in [0, 0.05) is 50.9 Å². The minimum Gasteiger partial charge on any atom is -1.00 e. The van der Waals surface area contributed by atoms with Crippen LogP contribution >= 0.6 is 0 Å². The predicted molar refractivity (Wildman–Crippen MR) is 96.1 cm³/mol. The van der Waals surface area contributed by atoms with E-state index >= 15 is 0 Å². The third-order valence-corrected chi connectivity index (χ3v) is 5.22. The molecule has 0 aliphatic heterocycles. The smallest absolute Gasteiger partial charge is 0.399 e. The van der Waals surface area contributed by atoms with Crippen LogP contribution in [-0.4, -0.2) is 50.6 Å². The third-order valence-electron chi connectivity index (χ3n) is 5.22. The number of ether oxygens (including phenoxy) is 1. The van der Waals surface area contributed by atoms with Crippen molar-refractivity contribution in [3.05, 3.63) is 24.5 Å². The summed E-state index contributed by atoms with van der Waals surface area (Å²) in [5.41, 5.74) is 0.752. The summed E-state index contributed by atoms with van der Waals surface area (Å²) >= 11 is 0. The Morgan fingerprint density at radius 1 is 1.18 bits per heavy atom. The largest absolute Gasteiger partial charge is 1.00 e. The molecule has 1 heterocycles. The number of carbonyl (C=O) groups excluding carboxylic acids is 3. The molecule has 0 radical (unpaired) electrons. The van der Waals surface area contributed by atoms with Crippen LogP contribution in [0.5, 0.6) is 0 Å². The second-order valence-electron chi connectivity index (χ2n) is 7.14. The van der Waals surface area contributed by atoms with Gasteiger partial charge in [-0.15, -0.1) is 0 Å². The van der Waals surface area contributed by atoms with Crippen LogP contribution in [0.15, 0.2) is 29.7 Å². The van der Waals surface area contributed by atoms with Crippen molar-refractivity contribution in [1.82, 2.24) is 0 Å². The number of nitrogens with zero attached hydrogens (tertiary/aromatic N) is 3. The molecule has 1 aromatic heterocycles. The van der Waals surface area contributed by atoms with Crippen LogP contribution in [0, 0.1) is 11.8 Å². The molecular formula is C19H24BrN3O5. The zero-order valence-electron chi connectivity index (χ0n) is 16.1. The molecule has 2 aliphatic rings. The summed E-state index contributed by atoms with van der Waals surface area (Å²) in [4.78, 5) is 43.7. The Morgan fingerprint density at radius 3 is 2.43 bits per heavy atom. The summed E-state index contributed by atoms with van der Waals surface area (Å²) in [5.74, 6) is -2.09. The minimum atomic E-state index is -0.643. The summed E-state index contributed by atoms with van der Waals surface area (Å²) in [7, 11) is 5.45. The minimum absolute atomic E-state index is 0. The molecule has 2 fully saturated rings. The molecule has 0 saturated heterocycles. The molecule has 0 spiro atoms. The first-order valence-corrected chi connectivity index (χ1v) is 8.96. The maximum Gasteiger partial charge on any atom is 0.399 e. The van der Waals surface area contributed by atoms with Crippen molar-refractivity contribution >= 4 is 28.9 Å². The maximum absolute atomic E-state index is 12.5. The number of hydrogen-bond acceptors (Lipinski definition) is 7. The summed E-state index contributed by atoms with van der Waals surface area (Å²) < 4.78 is 6.95. The van der Waals surface area contributed by atoms with Crippen LogP contribution in [0.2, 0.25) is 0 Å². The van der Waals surface area contributed by atoms with E-state index in [1.165, 1.54) is 0 Å². The Labute approximate surface area is 174 Å². The van der Waals surface area contributed by atoms with Gasteiger partial charge in [0.25, 0.3) is 0 Å². The van der Waals surface area contributed by atoms with Crippen LogP contribution in [0.25, 0.3) is 0 Å². The molecule has 0 aromatic carbocycles. The average Bonchev–Trinajstić information content (AvgIpc) is 2.90. The Hall–Kier alpha value is -2.13. The van der Waals surface area contributed by atoms with Crippen molar-refractivity contribution < 1.29 is 45.5 Å². The topological polar surface area (TPSA) is 89.2 Å². The standard InChI is InChI=1S/C19H24N3O5.BrH/c1-21(2)12-6-8-22(9-7-12)11-16(23)27-20-17-18(24)14-5-4-13(26-3)10-15(14)19(17)25;/h6-9,13-15H,4-5,10-11H2,1-3H3;1H/q+1;/p-1. The molecule has 0 amide bonds. The van der Waals surface area contributed by atoms with Gasteiger partial charge in [0.1, 0.15) is 0 Å². The van der Waals surface area contributed by atoms with Gasteiger partial charge < -0.3 is 31.5 Å². The van der Waals surface area contributed by atoms with Crippen molar-refractivity contribution in [1.29, 1.82) is 0 Å². The Kier molecular flexibility index (Phi) is 7.42. The molecule has 3 unspecified atom stereocenters. The lowest BCUT2D eigenvalue weighted by atomic mass is 9.79. The Bertz CT molecular complexity index is 778. The zero-order chi connectivity index (χ0) is 19.6. The van der Waals surface area contributed by atoms with E-state index in [0.29, 0.717) is 12.8 Å². The Morgan fingerprint density at radius 2 is 1.82 bits per heavy atom. The second kappa shape index (κ2) is 9.38. The van der Waals surface area contributed by atoms with E-state index in [1.54, 1.807) is 24.1 Å². The highest BCUT2D eigenvalue weighted by molar-refractivity contribution is 6.70. The van der Waals surface area contributed by atoms with Crippen LogP contribution in [-0.2, 0) is 30.5 Å². The van der Waals surface area contributed by atoms with Crippen molar-refractivity contribution in [3.8, 4) is 0 Å². The third kappa shape index (κ3) is 4.64.